The molecule has 0 radical (unpaired) electrons. The predicted octanol–water partition coefficient (Wildman–Crippen LogP) is 0.545. The van der Waals surface area contributed by atoms with Gasteiger partial charge in [0.15, 0.2) is 0 Å². The van der Waals surface area contributed by atoms with E-state index in [1.54, 1.807) is 4.90 Å². The van der Waals surface area contributed by atoms with Crippen LogP contribution in [0.2, 0.25) is 0 Å². The number of hydrogen-bond donors (Lipinski definition) is 3. The Bertz CT molecular complexity index is 547. The molecule has 1 aliphatic heterocycles. The zero-order valence-electron chi connectivity index (χ0n) is 12.5. The summed E-state index contributed by atoms with van der Waals surface area (Å²) in [5.41, 5.74) is 0.731. The van der Waals surface area contributed by atoms with Gasteiger partial charge in [-0.1, -0.05) is 18.2 Å². The molecule has 0 bridgehead atoms. The molecule has 1 fully saturated rings. The van der Waals surface area contributed by atoms with E-state index < -0.39 is 11.9 Å². The Morgan fingerprint density at radius 2 is 1.95 bits per heavy atom. The number of nitrogens with one attached hydrogen (secondary N) is 3. The van der Waals surface area contributed by atoms with Gasteiger partial charge in [0, 0.05) is 12.7 Å². The van der Waals surface area contributed by atoms with Gasteiger partial charge in [0.1, 0.15) is 0 Å². The summed E-state index contributed by atoms with van der Waals surface area (Å²) in [6.45, 7) is 0.689. The van der Waals surface area contributed by atoms with Crippen LogP contribution >= 0.6 is 0 Å². The van der Waals surface area contributed by atoms with E-state index in [0.717, 1.165) is 12.1 Å². The Labute approximate surface area is 129 Å². The summed E-state index contributed by atoms with van der Waals surface area (Å²) in [5, 5.41) is 7.37. The predicted molar refractivity (Wildman–Crippen MR) is 82.3 cm³/mol. The number of carbonyl (C=O) groups excluding carboxylic acids is 3. The van der Waals surface area contributed by atoms with Crippen molar-refractivity contribution in [2.24, 2.45) is 0 Å². The second kappa shape index (κ2) is 7.56. The number of benzene rings is 1. The Morgan fingerprint density at radius 3 is 2.64 bits per heavy atom. The normalized spacial score (nSPS) is 17.8. The third kappa shape index (κ3) is 4.29. The third-order valence-electron chi connectivity index (χ3n) is 3.53. The van der Waals surface area contributed by atoms with E-state index in [9.17, 15) is 14.4 Å². The van der Waals surface area contributed by atoms with Crippen molar-refractivity contribution in [3.63, 3.8) is 0 Å². The highest BCUT2D eigenvalue weighted by Crippen LogP contribution is 2.18. The Balaban J connectivity index is 1.91. The van der Waals surface area contributed by atoms with Crippen LogP contribution in [0.5, 0.6) is 0 Å². The van der Waals surface area contributed by atoms with Crippen molar-refractivity contribution < 1.29 is 14.4 Å². The maximum absolute atomic E-state index is 12.3. The van der Waals surface area contributed by atoms with E-state index in [0.29, 0.717) is 13.0 Å². The van der Waals surface area contributed by atoms with Gasteiger partial charge in [0.25, 0.3) is 0 Å². The minimum absolute atomic E-state index is 0.0281. The summed E-state index contributed by atoms with van der Waals surface area (Å²) in [5.74, 6) is -0.546. The number of imide groups is 1. The first-order valence-corrected chi connectivity index (χ1v) is 7.21. The number of rotatable bonds is 4. The lowest BCUT2D eigenvalue weighted by Crippen LogP contribution is -2.47. The van der Waals surface area contributed by atoms with E-state index >= 15 is 0 Å². The maximum atomic E-state index is 12.3. The van der Waals surface area contributed by atoms with Gasteiger partial charge in [-0.25, -0.2) is 4.79 Å². The van der Waals surface area contributed by atoms with Crippen molar-refractivity contribution in [3.05, 3.63) is 30.3 Å². The lowest BCUT2D eigenvalue weighted by Gasteiger charge is -2.22. The average molecular weight is 304 g/mol. The molecule has 118 valence electrons. The molecule has 2 rings (SSSR count). The lowest BCUT2D eigenvalue weighted by molar-refractivity contribution is -0.124. The molecule has 3 N–H and O–H groups in total. The molecular weight excluding hydrogens is 284 g/mol. The molecule has 1 saturated heterocycles. The molecule has 0 spiro atoms. The number of nitrogens with zero attached hydrogens (tertiary/aromatic N) is 1. The molecule has 0 saturated carbocycles. The SMILES string of the molecule is CNC(=O)NC(=O)CN1CCC[C@@H]1C(=O)Nc1ccccc1. The number of likely N-dealkylation sites (tertiary alicyclic amines) is 1. The smallest absolute Gasteiger partial charge is 0.321 e. The van der Waals surface area contributed by atoms with E-state index in [4.69, 9.17) is 0 Å². The first-order chi connectivity index (χ1) is 10.6. The molecule has 0 aromatic heterocycles. The van der Waals surface area contributed by atoms with Gasteiger partial charge < -0.3 is 10.6 Å². The largest absolute Gasteiger partial charge is 0.341 e. The molecule has 1 aromatic rings. The van der Waals surface area contributed by atoms with Crippen molar-refractivity contribution >= 4 is 23.5 Å². The van der Waals surface area contributed by atoms with E-state index in [1.807, 2.05) is 30.3 Å². The van der Waals surface area contributed by atoms with Gasteiger partial charge in [0.2, 0.25) is 11.8 Å². The van der Waals surface area contributed by atoms with Crippen LogP contribution in [0, 0.1) is 0 Å². The standard InChI is InChI=1S/C15H20N4O3/c1-16-15(22)18-13(20)10-19-9-5-8-12(19)14(21)17-11-6-3-2-4-7-11/h2-4,6-7,12H,5,8-10H2,1H3,(H,17,21)(H2,16,18,20,22)/t12-/m1/s1. The van der Waals surface area contributed by atoms with Crippen LogP contribution < -0.4 is 16.0 Å². The van der Waals surface area contributed by atoms with Crippen LogP contribution in [0.4, 0.5) is 10.5 Å². The van der Waals surface area contributed by atoms with Crippen LogP contribution in [-0.4, -0.2) is 48.9 Å². The van der Waals surface area contributed by atoms with Gasteiger partial charge >= 0.3 is 6.03 Å². The zero-order valence-corrected chi connectivity index (χ0v) is 12.5. The van der Waals surface area contributed by atoms with Crippen LogP contribution in [0.1, 0.15) is 12.8 Å². The fourth-order valence-electron chi connectivity index (χ4n) is 2.47. The molecule has 1 heterocycles. The minimum atomic E-state index is -0.547. The highest BCUT2D eigenvalue weighted by molar-refractivity contribution is 5.97. The Morgan fingerprint density at radius 1 is 1.23 bits per heavy atom. The zero-order chi connectivity index (χ0) is 15.9. The topological polar surface area (TPSA) is 90.5 Å². The molecule has 7 nitrogen and oxygen atoms in total. The van der Waals surface area contributed by atoms with Gasteiger partial charge in [-0.05, 0) is 31.5 Å². The lowest BCUT2D eigenvalue weighted by atomic mass is 10.2. The second-order valence-electron chi connectivity index (χ2n) is 5.11. The Hall–Kier alpha value is -2.41. The molecule has 4 amide bonds. The van der Waals surface area contributed by atoms with Gasteiger partial charge in [-0.3, -0.25) is 19.8 Å². The number of amides is 4. The van der Waals surface area contributed by atoms with Crippen LogP contribution in [0.3, 0.4) is 0 Å². The van der Waals surface area contributed by atoms with Crippen molar-refractivity contribution in [2.45, 2.75) is 18.9 Å². The van der Waals surface area contributed by atoms with Gasteiger partial charge in [-0.15, -0.1) is 0 Å². The quantitative estimate of drug-likeness (QED) is 0.757. The van der Waals surface area contributed by atoms with Crippen molar-refractivity contribution in [1.82, 2.24) is 15.5 Å². The summed E-state index contributed by atoms with van der Waals surface area (Å²) in [6.07, 6.45) is 1.55. The number of carbonyl (C=O) groups is 3. The van der Waals surface area contributed by atoms with Crippen molar-refractivity contribution in [3.8, 4) is 0 Å². The first kappa shape index (κ1) is 16.0. The third-order valence-corrected chi connectivity index (χ3v) is 3.53. The molecule has 0 aliphatic carbocycles. The number of urea groups is 1. The minimum Gasteiger partial charge on any atom is -0.341 e. The van der Waals surface area contributed by atoms with Crippen molar-refractivity contribution in [1.29, 1.82) is 0 Å². The molecule has 1 atom stereocenters. The molecule has 1 aromatic carbocycles. The summed E-state index contributed by atoms with van der Waals surface area (Å²) in [4.78, 5) is 37.0. The summed E-state index contributed by atoms with van der Waals surface area (Å²) < 4.78 is 0. The van der Waals surface area contributed by atoms with E-state index in [-0.39, 0.29) is 18.5 Å². The van der Waals surface area contributed by atoms with Crippen LogP contribution in [-0.2, 0) is 9.59 Å². The maximum Gasteiger partial charge on any atom is 0.321 e. The molecule has 0 unspecified atom stereocenters. The first-order valence-electron chi connectivity index (χ1n) is 7.21. The van der Waals surface area contributed by atoms with E-state index in [1.165, 1.54) is 7.05 Å². The molecular formula is C15H20N4O3. The number of anilines is 1. The summed E-state index contributed by atoms with van der Waals surface area (Å²) in [6, 6.07) is 8.30. The van der Waals surface area contributed by atoms with Gasteiger partial charge in [0.05, 0.1) is 12.6 Å². The number of para-hydroxylation sites is 1. The fourth-order valence-corrected chi connectivity index (χ4v) is 2.47. The summed E-state index contributed by atoms with van der Waals surface area (Å²) in [7, 11) is 1.44. The second-order valence-corrected chi connectivity index (χ2v) is 5.11. The van der Waals surface area contributed by atoms with Crippen LogP contribution in [0.15, 0.2) is 30.3 Å². The van der Waals surface area contributed by atoms with Gasteiger partial charge in [-0.2, -0.15) is 0 Å². The fraction of sp³-hybridized carbons (Fsp3) is 0.400. The highest BCUT2D eigenvalue weighted by atomic mass is 16.2. The molecule has 22 heavy (non-hydrogen) atoms. The average Bonchev–Trinajstić information content (AvgIpc) is 2.96. The molecule has 1 aliphatic rings. The molecule has 7 heteroatoms. The summed E-state index contributed by atoms with van der Waals surface area (Å²) >= 11 is 0. The highest BCUT2D eigenvalue weighted by Gasteiger charge is 2.32. The van der Waals surface area contributed by atoms with Crippen LogP contribution in [0.25, 0.3) is 0 Å². The Kier molecular flexibility index (Phi) is 5.48. The van der Waals surface area contributed by atoms with E-state index in [2.05, 4.69) is 16.0 Å². The van der Waals surface area contributed by atoms with Crippen molar-refractivity contribution in [2.75, 3.05) is 25.5 Å². The monoisotopic (exact) mass is 304 g/mol. The number of hydrogen-bond acceptors (Lipinski definition) is 4.